The first-order valence-electron chi connectivity index (χ1n) is 10.2. The number of para-hydroxylation sites is 2. The number of rotatable bonds is 6. The third-order valence-corrected chi connectivity index (χ3v) is 5.11. The second kappa shape index (κ2) is 8.63. The highest BCUT2D eigenvalue weighted by Crippen LogP contribution is 2.44. The Kier molecular flexibility index (Phi) is 5.73. The van der Waals surface area contributed by atoms with Gasteiger partial charge in [0.05, 0.1) is 24.1 Å². The second-order valence-corrected chi connectivity index (χ2v) is 7.90. The molecule has 0 spiro atoms. The largest absolute Gasteiger partial charge is 0.507 e. The Bertz CT molecular complexity index is 1160. The molecule has 2 N–H and O–H groups in total. The number of furan rings is 1. The highest BCUT2D eigenvalue weighted by molar-refractivity contribution is 6.51. The average molecular weight is 433 g/mol. The summed E-state index contributed by atoms with van der Waals surface area (Å²) in [4.78, 5) is 27.1. The van der Waals surface area contributed by atoms with Crippen molar-refractivity contribution >= 4 is 23.1 Å². The van der Waals surface area contributed by atoms with Crippen LogP contribution in [0.3, 0.4) is 0 Å². The molecule has 7 heteroatoms. The number of amides is 1. The lowest BCUT2D eigenvalue weighted by Crippen LogP contribution is -2.29. The average Bonchev–Trinajstić information content (AvgIpc) is 3.40. The van der Waals surface area contributed by atoms with Crippen LogP contribution in [0.4, 0.5) is 5.69 Å². The molecule has 1 fully saturated rings. The van der Waals surface area contributed by atoms with E-state index in [4.69, 9.17) is 9.15 Å². The van der Waals surface area contributed by atoms with Crippen LogP contribution in [0, 0.1) is 5.92 Å². The molecule has 164 valence electrons. The van der Waals surface area contributed by atoms with E-state index in [1.54, 1.807) is 48.5 Å². The van der Waals surface area contributed by atoms with Crippen molar-refractivity contribution < 1.29 is 29.0 Å². The van der Waals surface area contributed by atoms with E-state index in [0.717, 1.165) is 4.90 Å². The molecule has 1 aromatic heterocycles. The molecule has 0 aliphatic carbocycles. The number of phenols is 1. The third kappa shape index (κ3) is 3.85. The number of nitrogens with zero attached hydrogens (tertiary/aromatic N) is 1. The van der Waals surface area contributed by atoms with E-state index in [-0.39, 0.29) is 28.5 Å². The number of aliphatic hydroxyl groups excluding tert-OH is 1. The first kappa shape index (κ1) is 21.2. The van der Waals surface area contributed by atoms with Gasteiger partial charge in [0.15, 0.2) is 0 Å². The van der Waals surface area contributed by atoms with Crippen molar-refractivity contribution in [2.24, 2.45) is 5.92 Å². The first-order chi connectivity index (χ1) is 15.4. The molecule has 3 aromatic rings. The van der Waals surface area contributed by atoms with Gasteiger partial charge in [-0.1, -0.05) is 26.0 Å². The number of Topliss-reactive ketones (excluding diaryl/α,β-unsaturated/α-hetero) is 1. The van der Waals surface area contributed by atoms with Gasteiger partial charge in [0.2, 0.25) is 0 Å². The van der Waals surface area contributed by atoms with Gasteiger partial charge in [-0.05, 0) is 54.4 Å². The molecule has 1 amide bonds. The summed E-state index contributed by atoms with van der Waals surface area (Å²) in [7, 11) is 0. The van der Waals surface area contributed by atoms with Gasteiger partial charge in [-0.25, -0.2) is 0 Å². The normalized spacial score (nSPS) is 17.8. The molecule has 7 nitrogen and oxygen atoms in total. The number of ether oxygens (including phenoxy) is 1. The molecule has 1 saturated heterocycles. The maximum absolute atomic E-state index is 13.0. The fourth-order valence-corrected chi connectivity index (χ4v) is 3.59. The van der Waals surface area contributed by atoms with Crippen LogP contribution in [0.5, 0.6) is 11.5 Å². The minimum absolute atomic E-state index is 0.121. The zero-order valence-electron chi connectivity index (χ0n) is 17.7. The lowest BCUT2D eigenvalue weighted by atomic mass is 9.99. The molecule has 1 unspecified atom stereocenters. The number of phenolic OH excluding ortho intramolecular Hbond substituents is 1. The van der Waals surface area contributed by atoms with E-state index >= 15 is 0 Å². The van der Waals surface area contributed by atoms with Crippen LogP contribution < -0.4 is 9.64 Å². The molecule has 2 aromatic carbocycles. The highest BCUT2D eigenvalue weighted by atomic mass is 16.5. The Hall–Kier alpha value is -4.00. The van der Waals surface area contributed by atoms with Gasteiger partial charge in [-0.15, -0.1) is 0 Å². The standard InChI is InChI=1S/C25H23NO6/c1-15(2)14-32-17-11-9-16(10-12-17)23(28)21-22(20-8-5-13-31-20)26(25(30)24(21)29)18-6-3-4-7-19(18)27/h3-13,15,22,27-28H,14H2,1-2H3/b23-21-. The Balaban J connectivity index is 1.79. The fourth-order valence-electron chi connectivity index (χ4n) is 3.59. The van der Waals surface area contributed by atoms with Gasteiger partial charge in [0.1, 0.15) is 29.1 Å². The summed E-state index contributed by atoms with van der Waals surface area (Å²) in [6.45, 7) is 4.63. The predicted octanol–water partition coefficient (Wildman–Crippen LogP) is 4.65. The highest BCUT2D eigenvalue weighted by Gasteiger charge is 2.49. The molecule has 0 bridgehead atoms. The molecule has 0 radical (unpaired) electrons. The van der Waals surface area contributed by atoms with E-state index in [1.165, 1.54) is 18.4 Å². The van der Waals surface area contributed by atoms with Crippen LogP contribution in [0.15, 0.2) is 76.9 Å². The lowest BCUT2D eigenvalue weighted by molar-refractivity contribution is -0.132. The third-order valence-electron chi connectivity index (χ3n) is 5.11. The number of hydrogen-bond donors (Lipinski definition) is 2. The minimum Gasteiger partial charge on any atom is -0.507 e. The van der Waals surface area contributed by atoms with Crippen molar-refractivity contribution in [3.63, 3.8) is 0 Å². The second-order valence-electron chi connectivity index (χ2n) is 7.90. The van der Waals surface area contributed by atoms with Crippen LogP contribution >= 0.6 is 0 Å². The predicted molar refractivity (Wildman–Crippen MR) is 118 cm³/mol. The van der Waals surface area contributed by atoms with Crippen LogP contribution in [0.1, 0.15) is 31.2 Å². The van der Waals surface area contributed by atoms with Crippen molar-refractivity contribution in [3.8, 4) is 11.5 Å². The maximum Gasteiger partial charge on any atom is 0.300 e. The number of carbonyl (C=O) groups excluding carboxylic acids is 2. The number of aliphatic hydroxyl groups is 1. The fraction of sp³-hybridized carbons (Fsp3) is 0.200. The molecule has 1 aliphatic heterocycles. The molecule has 4 rings (SSSR count). The molecular formula is C25H23NO6. The zero-order valence-corrected chi connectivity index (χ0v) is 17.7. The lowest BCUT2D eigenvalue weighted by Gasteiger charge is -2.24. The molecular weight excluding hydrogens is 410 g/mol. The van der Waals surface area contributed by atoms with Crippen molar-refractivity contribution in [1.29, 1.82) is 0 Å². The summed E-state index contributed by atoms with van der Waals surface area (Å²) >= 11 is 0. The number of benzene rings is 2. The smallest absolute Gasteiger partial charge is 0.300 e. The van der Waals surface area contributed by atoms with Crippen LogP contribution in [-0.2, 0) is 9.59 Å². The van der Waals surface area contributed by atoms with Crippen molar-refractivity contribution in [2.75, 3.05) is 11.5 Å². The number of ketones is 1. The number of aromatic hydroxyl groups is 1. The molecule has 32 heavy (non-hydrogen) atoms. The maximum atomic E-state index is 13.0. The number of anilines is 1. The number of carbonyl (C=O) groups is 2. The summed E-state index contributed by atoms with van der Waals surface area (Å²) in [5, 5.41) is 21.4. The topological polar surface area (TPSA) is 100 Å². The summed E-state index contributed by atoms with van der Waals surface area (Å²) in [6, 6.07) is 15.0. The zero-order chi connectivity index (χ0) is 22.8. The summed E-state index contributed by atoms with van der Waals surface area (Å²) in [5.41, 5.74) is 0.380. The Morgan fingerprint density at radius 3 is 2.41 bits per heavy atom. The van der Waals surface area contributed by atoms with Crippen molar-refractivity contribution in [2.45, 2.75) is 19.9 Å². The van der Waals surface area contributed by atoms with Crippen molar-refractivity contribution in [3.05, 3.63) is 83.8 Å². The molecule has 1 atom stereocenters. The Labute approximate surface area is 185 Å². The van der Waals surface area contributed by atoms with E-state index < -0.39 is 17.7 Å². The van der Waals surface area contributed by atoms with Gasteiger partial charge in [-0.2, -0.15) is 0 Å². The summed E-state index contributed by atoms with van der Waals surface area (Å²) in [6.07, 6.45) is 1.42. The quantitative estimate of drug-likeness (QED) is 0.334. The molecule has 0 saturated carbocycles. The van der Waals surface area contributed by atoms with Crippen LogP contribution in [0.2, 0.25) is 0 Å². The van der Waals surface area contributed by atoms with E-state index in [2.05, 4.69) is 0 Å². The first-order valence-corrected chi connectivity index (χ1v) is 10.2. The van der Waals surface area contributed by atoms with E-state index in [0.29, 0.717) is 23.8 Å². The van der Waals surface area contributed by atoms with Crippen LogP contribution in [0.25, 0.3) is 5.76 Å². The van der Waals surface area contributed by atoms with Crippen LogP contribution in [-0.4, -0.2) is 28.5 Å². The van der Waals surface area contributed by atoms with E-state index in [1.807, 2.05) is 13.8 Å². The van der Waals surface area contributed by atoms with Gasteiger partial charge >= 0.3 is 0 Å². The SMILES string of the molecule is CC(C)COc1ccc(/C(O)=C2/C(=O)C(=O)N(c3ccccc3O)C2c2ccco2)cc1. The monoisotopic (exact) mass is 433 g/mol. The number of hydrogen-bond acceptors (Lipinski definition) is 6. The van der Waals surface area contributed by atoms with Gasteiger partial charge in [0, 0.05) is 5.56 Å². The summed E-state index contributed by atoms with van der Waals surface area (Å²) < 4.78 is 11.2. The molecule has 2 heterocycles. The molecule has 1 aliphatic rings. The summed E-state index contributed by atoms with van der Waals surface area (Å²) in [5.74, 6) is -0.963. The van der Waals surface area contributed by atoms with Gasteiger partial charge in [-0.3, -0.25) is 14.5 Å². The van der Waals surface area contributed by atoms with Gasteiger partial charge in [0.25, 0.3) is 11.7 Å². The Morgan fingerprint density at radius 1 is 1.06 bits per heavy atom. The van der Waals surface area contributed by atoms with E-state index in [9.17, 15) is 19.8 Å². The Morgan fingerprint density at radius 2 is 1.78 bits per heavy atom. The minimum atomic E-state index is -1.03. The van der Waals surface area contributed by atoms with Crippen molar-refractivity contribution in [1.82, 2.24) is 0 Å². The van der Waals surface area contributed by atoms with Gasteiger partial charge < -0.3 is 19.4 Å².